The fourth-order valence-corrected chi connectivity index (χ4v) is 3.51. The number of rotatable bonds is 24. The van der Waals surface area contributed by atoms with E-state index in [-0.39, 0.29) is 12.6 Å². The number of allylic oxidation sites excluding steroid dienone is 9. The van der Waals surface area contributed by atoms with Crippen molar-refractivity contribution in [2.75, 3.05) is 13.2 Å². The van der Waals surface area contributed by atoms with E-state index < -0.39 is 0 Å². The van der Waals surface area contributed by atoms with Gasteiger partial charge in [0.15, 0.2) is 0 Å². The van der Waals surface area contributed by atoms with Crippen LogP contribution in [0, 0.1) is 0 Å². The van der Waals surface area contributed by atoms with Crippen molar-refractivity contribution in [2.45, 2.75) is 136 Å². The summed E-state index contributed by atoms with van der Waals surface area (Å²) in [4.78, 5) is 10.5. The fourth-order valence-electron chi connectivity index (χ4n) is 3.51. The number of ether oxygens (including phenoxy) is 1. The molecule has 0 spiro atoms. The van der Waals surface area contributed by atoms with E-state index in [1.54, 1.807) is 6.08 Å². The number of hydrogen-bond donors (Lipinski definition) is 1. The molecule has 0 aliphatic carbocycles. The third-order valence-corrected chi connectivity index (χ3v) is 5.70. The van der Waals surface area contributed by atoms with Crippen molar-refractivity contribution in [3.05, 3.63) is 60.8 Å². The summed E-state index contributed by atoms with van der Waals surface area (Å²) in [5, 5.41) is 8.55. The minimum absolute atomic E-state index is 0.148. The largest absolute Gasteiger partial charge is 0.466 e. The van der Waals surface area contributed by atoms with E-state index in [0.29, 0.717) is 6.61 Å². The Kier molecular flexibility index (Phi) is 36.6. The highest BCUT2D eigenvalue weighted by Crippen LogP contribution is 2.08. The zero-order valence-corrected chi connectivity index (χ0v) is 24.7. The molecule has 214 valence electrons. The Morgan fingerprint density at radius 2 is 1.00 bits per heavy atom. The van der Waals surface area contributed by atoms with Crippen molar-refractivity contribution in [3.8, 4) is 0 Å². The van der Waals surface area contributed by atoms with E-state index in [0.717, 1.165) is 38.5 Å². The van der Waals surface area contributed by atoms with Gasteiger partial charge in [-0.3, -0.25) is 4.79 Å². The molecule has 0 aliphatic heterocycles. The van der Waals surface area contributed by atoms with Gasteiger partial charge >= 0.3 is 5.97 Å². The first-order valence-corrected chi connectivity index (χ1v) is 15.2. The SMILES string of the molecule is CCC/C=C\CCCC/C=C/CCCOC(C)=O.CCCCCCCC/C=C/CC/C=C/C/C=C/CO. The van der Waals surface area contributed by atoms with Gasteiger partial charge in [-0.2, -0.15) is 0 Å². The Labute approximate surface area is 230 Å². The van der Waals surface area contributed by atoms with Gasteiger partial charge in [0.05, 0.1) is 13.2 Å². The summed E-state index contributed by atoms with van der Waals surface area (Å²) in [6, 6.07) is 0. The second kappa shape index (κ2) is 36.3. The minimum Gasteiger partial charge on any atom is -0.466 e. The van der Waals surface area contributed by atoms with Gasteiger partial charge < -0.3 is 9.84 Å². The molecule has 0 saturated carbocycles. The fraction of sp³-hybridized carbons (Fsp3) is 0.676. The molecule has 0 aromatic heterocycles. The number of carbonyl (C=O) groups excluding carboxylic acids is 1. The number of carbonyl (C=O) groups is 1. The van der Waals surface area contributed by atoms with Crippen molar-refractivity contribution < 1.29 is 14.6 Å². The second-order valence-electron chi connectivity index (χ2n) is 9.46. The Balaban J connectivity index is 0. The first kappa shape index (κ1) is 37.3. The van der Waals surface area contributed by atoms with Crippen LogP contribution in [0.2, 0.25) is 0 Å². The van der Waals surface area contributed by atoms with Gasteiger partial charge in [-0.15, -0.1) is 0 Å². The Morgan fingerprint density at radius 3 is 1.57 bits per heavy atom. The monoisotopic (exact) mass is 516 g/mol. The topological polar surface area (TPSA) is 46.5 Å². The molecule has 0 aliphatic rings. The van der Waals surface area contributed by atoms with Gasteiger partial charge in [-0.1, -0.05) is 113 Å². The minimum atomic E-state index is -0.185. The second-order valence-corrected chi connectivity index (χ2v) is 9.46. The van der Waals surface area contributed by atoms with Crippen LogP contribution in [-0.2, 0) is 9.53 Å². The van der Waals surface area contributed by atoms with E-state index in [9.17, 15) is 4.79 Å². The van der Waals surface area contributed by atoms with Crippen LogP contribution in [0.3, 0.4) is 0 Å². The Bertz CT molecular complexity index is 584. The molecule has 0 rings (SSSR count). The maximum Gasteiger partial charge on any atom is 0.302 e. The van der Waals surface area contributed by atoms with Crippen LogP contribution in [0.1, 0.15) is 136 Å². The molecule has 0 aromatic rings. The van der Waals surface area contributed by atoms with Gasteiger partial charge in [0, 0.05) is 6.92 Å². The lowest BCUT2D eigenvalue weighted by molar-refractivity contribution is -0.141. The maximum atomic E-state index is 10.5. The van der Waals surface area contributed by atoms with Crippen molar-refractivity contribution in [1.82, 2.24) is 0 Å². The average Bonchev–Trinajstić information content (AvgIpc) is 2.89. The normalized spacial score (nSPS) is 11.9. The number of esters is 1. The van der Waals surface area contributed by atoms with Crippen LogP contribution >= 0.6 is 0 Å². The zero-order valence-electron chi connectivity index (χ0n) is 24.7. The first-order chi connectivity index (χ1) is 18.2. The molecule has 0 aromatic carbocycles. The molecule has 0 saturated heterocycles. The molecule has 1 N–H and O–H groups in total. The maximum absolute atomic E-state index is 10.5. The smallest absolute Gasteiger partial charge is 0.302 e. The summed E-state index contributed by atoms with van der Waals surface area (Å²) in [5.74, 6) is -0.185. The Morgan fingerprint density at radius 1 is 0.541 bits per heavy atom. The standard InChI is InChI=1S/C18H32O.C16H28O2/c1-2-3-4-5-6-7-8-9-10-11-12-13-14-15-16-17-18-19;1-3-4-5-6-7-8-9-10-11-12-13-14-15-18-16(2)17/h9-10,13-14,16-17,19H,2-8,11-12,15,18H2,1H3;5-6,11-12H,3-4,7-10,13-15H2,1-2H3/b10-9+,14-13+,17-16+;6-5-,12-11+. The lowest BCUT2D eigenvalue weighted by Crippen LogP contribution is -1.99. The highest BCUT2D eigenvalue weighted by atomic mass is 16.5. The highest BCUT2D eigenvalue weighted by Gasteiger charge is 1.90. The van der Waals surface area contributed by atoms with Crippen LogP contribution in [-0.4, -0.2) is 24.3 Å². The van der Waals surface area contributed by atoms with Gasteiger partial charge in [0.1, 0.15) is 0 Å². The lowest BCUT2D eigenvalue weighted by atomic mass is 10.1. The number of hydrogen-bond acceptors (Lipinski definition) is 3. The molecule has 0 atom stereocenters. The molecule has 0 unspecified atom stereocenters. The van der Waals surface area contributed by atoms with Crippen LogP contribution < -0.4 is 0 Å². The van der Waals surface area contributed by atoms with Gasteiger partial charge in [0.25, 0.3) is 0 Å². The van der Waals surface area contributed by atoms with Gasteiger partial charge in [-0.25, -0.2) is 0 Å². The molecule has 37 heavy (non-hydrogen) atoms. The van der Waals surface area contributed by atoms with Crippen LogP contribution in [0.4, 0.5) is 0 Å². The summed E-state index contributed by atoms with van der Waals surface area (Å²) >= 11 is 0. The number of aliphatic hydroxyl groups is 1. The van der Waals surface area contributed by atoms with E-state index in [2.05, 4.69) is 62.5 Å². The third kappa shape index (κ3) is 41.5. The zero-order chi connectivity index (χ0) is 27.5. The molecule has 0 heterocycles. The molecular weight excluding hydrogens is 456 g/mol. The van der Waals surface area contributed by atoms with Crippen molar-refractivity contribution in [3.63, 3.8) is 0 Å². The molecule has 0 fully saturated rings. The third-order valence-electron chi connectivity index (χ3n) is 5.70. The molecule has 0 radical (unpaired) electrons. The van der Waals surface area contributed by atoms with Crippen LogP contribution in [0.5, 0.6) is 0 Å². The average molecular weight is 517 g/mol. The molecular formula is C34H60O3. The van der Waals surface area contributed by atoms with Gasteiger partial charge in [-0.05, 0) is 77.0 Å². The van der Waals surface area contributed by atoms with E-state index in [1.165, 1.54) is 84.0 Å². The Hall–Kier alpha value is -1.87. The van der Waals surface area contributed by atoms with Crippen LogP contribution in [0.25, 0.3) is 0 Å². The van der Waals surface area contributed by atoms with E-state index >= 15 is 0 Å². The summed E-state index contributed by atoms with van der Waals surface area (Å²) in [6.07, 6.45) is 43.8. The van der Waals surface area contributed by atoms with Crippen molar-refractivity contribution >= 4 is 5.97 Å². The summed E-state index contributed by atoms with van der Waals surface area (Å²) in [6.45, 7) is 6.61. The van der Waals surface area contributed by atoms with Crippen molar-refractivity contribution in [1.29, 1.82) is 0 Å². The lowest BCUT2D eigenvalue weighted by Gasteiger charge is -1.98. The van der Waals surface area contributed by atoms with Gasteiger partial charge in [0.2, 0.25) is 0 Å². The van der Waals surface area contributed by atoms with Crippen LogP contribution in [0.15, 0.2) is 60.8 Å². The molecule has 3 heteroatoms. The summed E-state index contributed by atoms with van der Waals surface area (Å²) in [7, 11) is 0. The number of aliphatic hydroxyl groups excluding tert-OH is 1. The molecule has 0 amide bonds. The summed E-state index contributed by atoms with van der Waals surface area (Å²) < 4.78 is 4.85. The predicted molar refractivity (Wildman–Crippen MR) is 164 cm³/mol. The highest BCUT2D eigenvalue weighted by molar-refractivity contribution is 5.65. The predicted octanol–water partition coefficient (Wildman–Crippen LogP) is 10.4. The molecule has 3 nitrogen and oxygen atoms in total. The first-order valence-electron chi connectivity index (χ1n) is 15.2. The number of unbranched alkanes of at least 4 members (excludes halogenated alkanes) is 12. The van der Waals surface area contributed by atoms with E-state index in [4.69, 9.17) is 9.84 Å². The molecule has 0 bridgehead atoms. The van der Waals surface area contributed by atoms with E-state index in [1.807, 2.05) is 6.08 Å². The summed E-state index contributed by atoms with van der Waals surface area (Å²) in [5.41, 5.74) is 0. The van der Waals surface area contributed by atoms with Crippen molar-refractivity contribution in [2.24, 2.45) is 0 Å². The quantitative estimate of drug-likeness (QED) is 0.0788.